The van der Waals surface area contributed by atoms with Gasteiger partial charge >= 0.3 is 23.9 Å². The Kier molecular flexibility index (Phi) is 21.5. The molecule has 0 aromatic heterocycles. The molecular formula is C75H83ClNO25+. The maximum absolute atomic E-state index is 15.5. The largest absolute Gasteiger partial charge is 0.507 e. The van der Waals surface area contributed by atoms with Crippen LogP contribution in [0.3, 0.4) is 0 Å². The van der Waals surface area contributed by atoms with E-state index in [0.717, 1.165) is 13.8 Å². The summed E-state index contributed by atoms with van der Waals surface area (Å²) in [5.74, 6) is -11.0. The molecule has 5 aromatic rings. The standard InChI is InChI=1S/C47H51NO14.C28H30O11.ClH2/c1-25-31(60-43(56)36(52)35(28-16-10-7-11-17-28)48-41(54)29-18-12-8-13-19-29)23-47(57)40(61-42(55)30-20-14-9-15-21-30)38-45(6,32(51)22-33-46(38,24-58-33)62-27(3)50)39(53)37(59-26(2)49)34(25)44(47,4)5;1-11-6-18(38-12(2)23(11)32)39-16-8-28(37,17(31)10-30)7-15-20(16)27(36)22-21(25(15)34)24(33)14-5-3-4-13(9-29)19(14)26(22)35;/h7-21,31-33,35-38,40,51-52,57H,22-24H2,1-6H3,(H,48,54);3-5,11-12,16,18,23,29-30,32,34,36-37H,6-10H2,1-2H3;1H2/q;;+1/t31?,32-,33+,35?,36?,37+,38?,40?,45+,46?,47+;11-,12?,16?,18+,23+,28+;/m01./s1. The molecule has 12 rings (SSSR count). The Balaban J connectivity index is 0.000000240. The van der Waals surface area contributed by atoms with Crippen LogP contribution in [0.2, 0.25) is 0 Å². The van der Waals surface area contributed by atoms with Gasteiger partial charge in [-0.2, -0.15) is 0 Å². The quantitative estimate of drug-likeness (QED) is 0.0301. The van der Waals surface area contributed by atoms with E-state index in [4.69, 9.17) is 33.2 Å². The lowest BCUT2D eigenvalue weighted by molar-refractivity contribution is -0.346. The second kappa shape index (κ2) is 28.9. The first-order valence-electron chi connectivity index (χ1n) is 33.2. The molecule has 102 heavy (non-hydrogen) atoms. The molecule has 8 unspecified atom stereocenters. The van der Waals surface area contributed by atoms with Crippen LogP contribution in [0.4, 0.5) is 0 Å². The van der Waals surface area contributed by atoms with Crippen molar-refractivity contribution in [2.75, 3.05) is 13.2 Å². The van der Waals surface area contributed by atoms with Gasteiger partial charge in [-0.25, -0.2) is 9.59 Å². The highest BCUT2D eigenvalue weighted by molar-refractivity contribution is 6.31. The number of nitrogens with one attached hydrogen (secondary N) is 1. The monoisotopic (exact) mass is 1430 g/mol. The number of phenols is 2. The normalized spacial score (nSPS) is 30.8. The van der Waals surface area contributed by atoms with Crippen LogP contribution in [-0.2, 0) is 70.2 Å². The van der Waals surface area contributed by atoms with Crippen LogP contribution < -0.4 is 5.32 Å². The molecule has 544 valence electrons. The molecule has 10 N–H and O–H groups in total. The molecule has 26 nitrogen and oxygen atoms in total. The molecule has 5 aliphatic carbocycles. The third-order valence-corrected chi connectivity index (χ3v) is 21.6. The number of benzene rings is 5. The Morgan fingerprint density at radius 1 is 0.725 bits per heavy atom. The van der Waals surface area contributed by atoms with Gasteiger partial charge in [0.05, 0.1) is 84.1 Å². The van der Waals surface area contributed by atoms with E-state index in [-0.39, 0.29) is 87.9 Å². The Morgan fingerprint density at radius 3 is 1.92 bits per heavy atom. The highest BCUT2D eigenvalue weighted by atomic mass is 35.5. The van der Waals surface area contributed by atoms with Crippen molar-refractivity contribution in [2.45, 2.75) is 178 Å². The van der Waals surface area contributed by atoms with Crippen molar-refractivity contribution in [1.29, 1.82) is 0 Å². The number of esters is 4. The Labute approximate surface area is 591 Å². The maximum atomic E-state index is 15.5. The zero-order chi connectivity index (χ0) is 73.3. The molecule has 2 saturated carbocycles. The number of aliphatic hydroxyl groups is 7. The Hall–Kier alpha value is -8.64. The van der Waals surface area contributed by atoms with Gasteiger partial charge in [-0.3, -0.25) is 33.6 Å². The van der Waals surface area contributed by atoms with Crippen LogP contribution in [0.1, 0.15) is 168 Å². The summed E-state index contributed by atoms with van der Waals surface area (Å²) in [7, 11) is 0. The van der Waals surface area contributed by atoms with E-state index in [9.17, 15) is 84.3 Å². The number of hydrogen-bond donors (Lipinski definition) is 10. The number of hydrogen-bond acceptors (Lipinski definition) is 25. The van der Waals surface area contributed by atoms with E-state index < -0.39 is 209 Å². The van der Waals surface area contributed by atoms with Gasteiger partial charge in [0.1, 0.15) is 47.6 Å². The minimum atomic E-state index is -2.39. The molecule has 0 spiro atoms. The molecular weight excluding hydrogens is 1350 g/mol. The summed E-state index contributed by atoms with van der Waals surface area (Å²) in [6, 6.07) is 27.2. The fourth-order valence-electron chi connectivity index (χ4n) is 16.2. The zero-order valence-electron chi connectivity index (χ0n) is 57.1. The van der Waals surface area contributed by atoms with Gasteiger partial charge in [0.25, 0.3) is 5.91 Å². The minimum absolute atomic E-state index is 0. The number of ether oxygens (including phenoxy) is 7. The third kappa shape index (κ3) is 12.9. The summed E-state index contributed by atoms with van der Waals surface area (Å²) >= 11 is 0. The summed E-state index contributed by atoms with van der Waals surface area (Å²) in [6.07, 6.45) is -14.9. The number of aromatic hydroxyl groups is 2. The summed E-state index contributed by atoms with van der Waals surface area (Å²) < 4.78 is 42.1. The van der Waals surface area contributed by atoms with Gasteiger partial charge in [-0.1, -0.05) is 106 Å². The lowest BCUT2D eigenvalue weighted by atomic mass is 9.44. The first-order chi connectivity index (χ1) is 47.7. The first-order valence-corrected chi connectivity index (χ1v) is 33.2. The summed E-state index contributed by atoms with van der Waals surface area (Å²) in [5.41, 5.74) is -10.5. The molecule has 2 heterocycles. The van der Waals surface area contributed by atoms with Crippen LogP contribution in [0, 0.1) is 35.1 Å². The molecule has 17 atom stereocenters. The van der Waals surface area contributed by atoms with Crippen LogP contribution in [-0.4, -0.2) is 184 Å². The number of phenolic OH excluding ortho intramolecular Hbond substituents is 2. The lowest BCUT2D eigenvalue weighted by Gasteiger charge is -2.67. The van der Waals surface area contributed by atoms with Crippen molar-refractivity contribution in [1.82, 2.24) is 5.32 Å². The molecule has 4 fully saturated rings. The van der Waals surface area contributed by atoms with Crippen LogP contribution in [0.15, 0.2) is 120 Å². The second-order valence-corrected chi connectivity index (χ2v) is 27.9. The van der Waals surface area contributed by atoms with E-state index >= 15 is 4.79 Å². The molecule has 27 heteroatoms. The predicted molar refractivity (Wildman–Crippen MR) is 353 cm³/mol. The van der Waals surface area contributed by atoms with Gasteiger partial charge < -0.3 is 84.4 Å². The van der Waals surface area contributed by atoms with Crippen molar-refractivity contribution in [3.63, 3.8) is 0 Å². The van der Waals surface area contributed by atoms with Crippen molar-refractivity contribution in [3.05, 3.63) is 176 Å². The fourth-order valence-corrected chi connectivity index (χ4v) is 16.2. The molecule has 5 aromatic carbocycles. The number of rotatable bonds is 15. The second-order valence-electron chi connectivity index (χ2n) is 27.9. The van der Waals surface area contributed by atoms with Gasteiger partial charge in [0.15, 0.2) is 47.2 Å². The molecule has 2 bridgehead atoms. The SMILES string of the molecule is CC(=O)O[C@H]1C(=O)[C@@]2(C)C(C(OC(=O)c3ccccc3)[C@]3(O)CC(OC(=O)C(O)C(NC(=O)c4ccccc4)c4ccccc4)C(C)=C1C3(C)C)C1(OC(C)=O)CO[C@@H]1C[C@@H]2O.CC1O[C@@H](OC2C[C@](O)(C(=O)CO)Cc3c(O)c4c(c(O)c32)C(=O)c2c(CO)cccc2C4=O)C[C@@H](C)[C@@H]1O.[ClH2+]. The lowest BCUT2D eigenvalue weighted by Crippen LogP contribution is -2.82. The number of halogens is 1. The van der Waals surface area contributed by atoms with Crippen LogP contribution >= 0.6 is 0 Å². The first kappa shape index (κ1) is 76.0. The van der Waals surface area contributed by atoms with E-state index in [1.807, 2.05) is 0 Å². The van der Waals surface area contributed by atoms with Gasteiger partial charge in [-0.05, 0) is 73.2 Å². The van der Waals surface area contributed by atoms with E-state index in [2.05, 4.69) is 5.32 Å². The number of ketones is 4. The van der Waals surface area contributed by atoms with E-state index in [1.54, 1.807) is 107 Å². The van der Waals surface area contributed by atoms with Crippen molar-refractivity contribution in [3.8, 4) is 11.5 Å². The number of Topliss-reactive ketones (excluding diaryl/α,β-unsaturated/α-hetero) is 2. The maximum Gasteiger partial charge on any atom is 0.338 e. The minimum Gasteiger partial charge on any atom is -0.507 e. The zero-order valence-corrected chi connectivity index (χ0v) is 58.0. The fraction of sp³-hybridized carbons (Fsp3) is 0.453. The Bertz CT molecular complexity index is 4170. The topological polar surface area (TPSA) is 412 Å². The molecule has 1 amide bonds. The number of aliphatic hydroxyl groups excluding tert-OH is 5. The average molecular weight is 1430 g/mol. The smallest absolute Gasteiger partial charge is 0.338 e. The van der Waals surface area contributed by atoms with Crippen LogP contribution in [0.5, 0.6) is 11.5 Å². The molecule has 2 aliphatic heterocycles. The van der Waals surface area contributed by atoms with Crippen LogP contribution in [0.25, 0.3) is 0 Å². The van der Waals surface area contributed by atoms with Crippen molar-refractivity contribution < 1.29 is 135 Å². The summed E-state index contributed by atoms with van der Waals surface area (Å²) in [6.45, 7) is 9.86. The number of carbonyl (C=O) groups is 9. The number of carbonyl (C=O) groups excluding carboxylic acids is 9. The predicted octanol–water partition coefficient (Wildman–Crippen LogP) is 3.99. The van der Waals surface area contributed by atoms with Crippen molar-refractivity contribution in [2.24, 2.45) is 22.7 Å². The number of fused-ring (bicyclic) bond motifs is 8. The van der Waals surface area contributed by atoms with E-state index in [0.29, 0.717) is 5.56 Å². The van der Waals surface area contributed by atoms with Crippen molar-refractivity contribution >= 4 is 52.9 Å². The summed E-state index contributed by atoms with van der Waals surface area (Å²) in [4.78, 5) is 123. The van der Waals surface area contributed by atoms with E-state index in [1.165, 1.54) is 44.2 Å². The molecule has 2 saturated heterocycles. The van der Waals surface area contributed by atoms with Gasteiger partial charge in [0.2, 0.25) is 0 Å². The highest BCUT2D eigenvalue weighted by Gasteiger charge is 2.78. The third-order valence-electron chi connectivity index (χ3n) is 21.6. The molecule has 7 aliphatic rings. The average Bonchev–Trinajstić information content (AvgIpc) is 0.670. The molecule has 0 radical (unpaired) electrons. The highest BCUT2D eigenvalue weighted by Crippen LogP contribution is 2.65. The van der Waals surface area contributed by atoms with Gasteiger partial charge in [0, 0.05) is 79.2 Å². The van der Waals surface area contributed by atoms with Gasteiger partial charge in [-0.15, -0.1) is 0 Å². The summed E-state index contributed by atoms with van der Waals surface area (Å²) in [5, 5.41) is 104. The number of amides is 1. The Morgan fingerprint density at radius 2 is 1.34 bits per heavy atom.